The van der Waals surface area contributed by atoms with E-state index in [-0.39, 0.29) is 18.4 Å². The highest BCUT2D eigenvalue weighted by molar-refractivity contribution is 6.05. The molecule has 3 rings (SSSR count). The van der Waals surface area contributed by atoms with Crippen LogP contribution in [0.5, 0.6) is 23.0 Å². The van der Waals surface area contributed by atoms with E-state index in [1.165, 1.54) is 28.4 Å². The smallest absolute Gasteiger partial charge is 0.255 e. The number of methoxy groups -OCH3 is 4. The Bertz CT molecular complexity index is 965. The Kier molecular flexibility index (Phi) is 8.34. The van der Waals surface area contributed by atoms with Crippen LogP contribution in [0.15, 0.2) is 30.3 Å². The van der Waals surface area contributed by atoms with E-state index in [1.54, 1.807) is 30.3 Å². The molecule has 1 aliphatic rings. The van der Waals surface area contributed by atoms with Crippen LogP contribution in [-0.2, 0) is 9.53 Å². The van der Waals surface area contributed by atoms with Gasteiger partial charge in [0.2, 0.25) is 11.7 Å². The van der Waals surface area contributed by atoms with Crippen molar-refractivity contribution in [1.82, 2.24) is 4.90 Å². The number of nitrogens with one attached hydrogen (secondary N) is 2. The van der Waals surface area contributed by atoms with E-state index in [2.05, 4.69) is 10.6 Å². The number of anilines is 2. The van der Waals surface area contributed by atoms with Crippen LogP contribution in [0, 0.1) is 0 Å². The molecule has 1 fully saturated rings. The predicted molar refractivity (Wildman–Crippen MR) is 123 cm³/mol. The Morgan fingerprint density at radius 2 is 1.52 bits per heavy atom. The van der Waals surface area contributed by atoms with Crippen molar-refractivity contribution in [3.05, 3.63) is 35.9 Å². The van der Waals surface area contributed by atoms with Crippen LogP contribution in [-0.4, -0.2) is 78.0 Å². The molecule has 0 bridgehead atoms. The Balaban J connectivity index is 1.76. The highest BCUT2D eigenvalue weighted by Gasteiger charge is 2.19. The third-order valence-corrected chi connectivity index (χ3v) is 5.13. The van der Waals surface area contributed by atoms with Gasteiger partial charge in [-0.1, -0.05) is 0 Å². The maximum Gasteiger partial charge on any atom is 0.255 e. The normalized spacial score (nSPS) is 13.7. The number of rotatable bonds is 9. The van der Waals surface area contributed by atoms with E-state index < -0.39 is 0 Å². The molecular formula is C23H29N3O7. The number of carbonyl (C=O) groups excluding carboxylic acids is 2. The first-order chi connectivity index (χ1) is 16.0. The molecule has 0 atom stereocenters. The molecule has 0 saturated carbocycles. The Hall–Kier alpha value is -3.50. The van der Waals surface area contributed by atoms with Crippen molar-refractivity contribution in [2.24, 2.45) is 0 Å². The van der Waals surface area contributed by atoms with Crippen molar-refractivity contribution in [2.45, 2.75) is 0 Å². The molecule has 1 aliphatic heterocycles. The molecule has 2 aromatic carbocycles. The molecule has 178 valence electrons. The number of morpholine rings is 1. The minimum Gasteiger partial charge on any atom is -0.495 e. The molecule has 2 N–H and O–H groups in total. The second-order valence-corrected chi connectivity index (χ2v) is 7.22. The molecule has 0 unspecified atom stereocenters. The average molecular weight is 459 g/mol. The largest absolute Gasteiger partial charge is 0.495 e. The molecule has 1 saturated heterocycles. The first-order valence-corrected chi connectivity index (χ1v) is 10.4. The molecule has 2 amide bonds. The summed E-state index contributed by atoms with van der Waals surface area (Å²) in [5.41, 5.74) is 1.26. The molecule has 2 aromatic rings. The highest BCUT2D eigenvalue weighted by Crippen LogP contribution is 2.38. The van der Waals surface area contributed by atoms with Crippen molar-refractivity contribution in [1.29, 1.82) is 0 Å². The van der Waals surface area contributed by atoms with Gasteiger partial charge in [-0.25, -0.2) is 0 Å². The van der Waals surface area contributed by atoms with Crippen molar-refractivity contribution >= 4 is 23.2 Å². The van der Waals surface area contributed by atoms with Gasteiger partial charge in [0.15, 0.2) is 11.5 Å². The fraction of sp³-hybridized carbons (Fsp3) is 0.391. The lowest BCUT2D eigenvalue weighted by molar-refractivity contribution is -0.118. The van der Waals surface area contributed by atoms with Gasteiger partial charge in [-0.2, -0.15) is 0 Å². The fourth-order valence-corrected chi connectivity index (χ4v) is 3.45. The lowest BCUT2D eigenvalue weighted by atomic mass is 10.1. The van der Waals surface area contributed by atoms with Crippen LogP contribution in [0.1, 0.15) is 10.4 Å². The maximum absolute atomic E-state index is 12.9. The molecular weight excluding hydrogens is 430 g/mol. The maximum atomic E-state index is 12.9. The van der Waals surface area contributed by atoms with Gasteiger partial charge < -0.3 is 34.3 Å². The van der Waals surface area contributed by atoms with Crippen LogP contribution >= 0.6 is 0 Å². The van der Waals surface area contributed by atoms with Crippen LogP contribution < -0.4 is 29.6 Å². The highest BCUT2D eigenvalue weighted by atomic mass is 16.5. The summed E-state index contributed by atoms with van der Waals surface area (Å²) in [7, 11) is 5.97. The Morgan fingerprint density at radius 3 is 2.09 bits per heavy atom. The summed E-state index contributed by atoms with van der Waals surface area (Å²) >= 11 is 0. The summed E-state index contributed by atoms with van der Waals surface area (Å²) in [5, 5.41) is 5.68. The van der Waals surface area contributed by atoms with Crippen LogP contribution in [0.2, 0.25) is 0 Å². The van der Waals surface area contributed by atoms with Gasteiger partial charge in [-0.05, 0) is 30.3 Å². The van der Waals surface area contributed by atoms with Gasteiger partial charge in [-0.3, -0.25) is 14.5 Å². The Morgan fingerprint density at radius 1 is 0.879 bits per heavy atom. The quantitative estimate of drug-likeness (QED) is 0.588. The molecule has 0 aromatic heterocycles. The molecule has 10 heteroatoms. The Labute approximate surface area is 192 Å². The van der Waals surface area contributed by atoms with Gasteiger partial charge >= 0.3 is 0 Å². The lowest BCUT2D eigenvalue weighted by Gasteiger charge is -2.26. The summed E-state index contributed by atoms with van der Waals surface area (Å²) in [6.45, 7) is 2.87. The zero-order chi connectivity index (χ0) is 23.8. The third kappa shape index (κ3) is 6.05. The fourth-order valence-electron chi connectivity index (χ4n) is 3.45. The molecule has 0 aliphatic carbocycles. The first kappa shape index (κ1) is 24.1. The number of hydrogen-bond acceptors (Lipinski definition) is 8. The van der Waals surface area contributed by atoms with E-state index in [1.807, 2.05) is 4.90 Å². The van der Waals surface area contributed by atoms with Crippen molar-refractivity contribution in [2.75, 3.05) is 71.9 Å². The monoisotopic (exact) mass is 459 g/mol. The van der Waals surface area contributed by atoms with Crippen molar-refractivity contribution < 1.29 is 33.3 Å². The number of carbonyl (C=O) groups is 2. The second kappa shape index (κ2) is 11.4. The van der Waals surface area contributed by atoms with Crippen molar-refractivity contribution in [3.8, 4) is 23.0 Å². The summed E-state index contributed by atoms with van der Waals surface area (Å²) in [5.74, 6) is 1.05. The zero-order valence-corrected chi connectivity index (χ0v) is 19.2. The van der Waals surface area contributed by atoms with Gasteiger partial charge in [0.1, 0.15) is 5.75 Å². The molecule has 0 spiro atoms. The summed E-state index contributed by atoms with van der Waals surface area (Å²) in [6, 6.07) is 8.13. The topological polar surface area (TPSA) is 108 Å². The minimum absolute atomic E-state index is 0.177. The van der Waals surface area contributed by atoms with E-state index in [0.29, 0.717) is 66.2 Å². The SMILES string of the molecule is COc1ccc(NC(=O)c2cc(OC)c(OC)c(OC)c2)cc1NC(=O)CN1CCOCC1. The third-order valence-electron chi connectivity index (χ3n) is 5.13. The summed E-state index contributed by atoms with van der Waals surface area (Å²) in [4.78, 5) is 27.4. The van der Waals surface area contributed by atoms with Gasteiger partial charge in [-0.15, -0.1) is 0 Å². The van der Waals surface area contributed by atoms with Gasteiger partial charge in [0.05, 0.1) is 53.9 Å². The molecule has 0 radical (unpaired) electrons. The van der Waals surface area contributed by atoms with Crippen LogP contribution in [0.3, 0.4) is 0 Å². The van der Waals surface area contributed by atoms with Crippen LogP contribution in [0.25, 0.3) is 0 Å². The molecule has 1 heterocycles. The van der Waals surface area contributed by atoms with E-state index >= 15 is 0 Å². The molecule has 10 nitrogen and oxygen atoms in total. The summed E-state index contributed by atoms with van der Waals surface area (Å²) < 4.78 is 26.6. The van der Waals surface area contributed by atoms with E-state index in [0.717, 1.165) is 0 Å². The number of amides is 2. The van der Waals surface area contributed by atoms with Crippen LogP contribution in [0.4, 0.5) is 11.4 Å². The lowest BCUT2D eigenvalue weighted by Crippen LogP contribution is -2.41. The number of ether oxygens (including phenoxy) is 5. The van der Waals surface area contributed by atoms with Crippen molar-refractivity contribution in [3.63, 3.8) is 0 Å². The predicted octanol–water partition coefficient (Wildman–Crippen LogP) is 2.24. The zero-order valence-electron chi connectivity index (χ0n) is 19.2. The van der Waals surface area contributed by atoms with E-state index in [9.17, 15) is 9.59 Å². The molecule has 33 heavy (non-hydrogen) atoms. The first-order valence-electron chi connectivity index (χ1n) is 10.4. The minimum atomic E-state index is -0.384. The summed E-state index contributed by atoms with van der Waals surface area (Å²) in [6.07, 6.45) is 0. The van der Waals surface area contributed by atoms with Gasteiger partial charge in [0.25, 0.3) is 5.91 Å². The number of benzene rings is 2. The number of nitrogens with zero attached hydrogens (tertiary/aromatic N) is 1. The average Bonchev–Trinajstić information content (AvgIpc) is 2.83. The van der Waals surface area contributed by atoms with E-state index in [4.69, 9.17) is 23.7 Å². The number of hydrogen-bond donors (Lipinski definition) is 2. The standard InChI is InChI=1S/C23H29N3O7/c1-29-18-6-5-16(13-17(18)25-21(27)14-26-7-9-33-10-8-26)24-23(28)15-11-19(30-2)22(32-4)20(12-15)31-3/h5-6,11-13H,7-10,14H2,1-4H3,(H,24,28)(H,25,27). The second-order valence-electron chi connectivity index (χ2n) is 7.22. The van der Waals surface area contributed by atoms with Gasteiger partial charge in [0, 0.05) is 24.3 Å².